The van der Waals surface area contributed by atoms with Crippen LogP contribution in [0.2, 0.25) is 0 Å². The van der Waals surface area contributed by atoms with Gasteiger partial charge in [0.15, 0.2) is 0 Å². The van der Waals surface area contributed by atoms with Gasteiger partial charge in [-0.15, -0.1) is 0 Å². The molecule has 21 heavy (non-hydrogen) atoms. The van der Waals surface area contributed by atoms with Gasteiger partial charge in [0.1, 0.15) is 11.4 Å². The molecule has 0 aliphatic rings. The van der Waals surface area contributed by atoms with Gasteiger partial charge in [-0.25, -0.2) is 0 Å². The Kier molecular flexibility index (Phi) is 4.03. The van der Waals surface area contributed by atoms with Crippen LogP contribution in [-0.2, 0) is 0 Å². The number of methoxy groups -OCH3 is 1. The fraction of sp³-hybridized carbons (Fsp3) is 0.0714. The number of para-hydroxylation sites is 2. The average Bonchev–Trinajstić information content (AvgIpc) is 2.47. The molecule has 2 aromatic carbocycles. The summed E-state index contributed by atoms with van der Waals surface area (Å²) in [6.07, 6.45) is 0. The molecular formula is C14H13N3O4. The number of benzene rings is 2. The van der Waals surface area contributed by atoms with Gasteiger partial charge in [-0.2, -0.15) is 0 Å². The largest absolute Gasteiger partial charge is 0.497 e. The summed E-state index contributed by atoms with van der Waals surface area (Å²) in [6, 6.07) is 10.5. The molecular weight excluding hydrogens is 274 g/mol. The van der Waals surface area contributed by atoms with Crippen molar-refractivity contribution >= 4 is 23.0 Å². The Hall–Kier alpha value is -3.09. The molecule has 0 spiro atoms. The maximum absolute atomic E-state index is 12.2. The number of nitro benzene ring substituents is 1. The number of hydrogen-bond donors (Lipinski definition) is 2. The van der Waals surface area contributed by atoms with Crippen LogP contribution in [-0.4, -0.2) is 17.9 Å². The van der Waals surface area contributed by atoms with Crippen LogP contribution in [0, 0.1) is 10.1 Å². The Morgan fingerprint density at radius 1 is 1.29 bits per heavy atom. The summed E-state index contributed by atoms with van der Waals surface area (Å²) >= 11 is 0. The highest BCUT2D eigenvalue weighted by atomic mass is 16.6. The van der Waals surface area contributed by atoms with Gasteiger partial charge in [-0.1, -0.05) is 12.1 Å². The summed E-state index contributed by atoms with van der Waals surface area (Å²) in [7, 11) is 1.49. The van der Waals surface area contributed by atoms with E-state index < -0.39 is 10.8 Å². The van der Waals surface area contributed by atoms with Crippen molar-refractivity contribution < 1.29 is 14.5 Å². The molecule has 0 aliphatic heterocycles. The summed E-state index contributed by atoms with van der Waals surface area (Å²) in [4.78, 5) is 22.5. The Bertz CT molecular complexity index is 700. The molecule has 3 N–H and O–H groups in total. The Balaban J connectivity index is 2.28. The predicted octanol–water partition coefficient (Wildman–Crippen LogP) is 2.44. The molecule has 1 amide bonds. The van der Waals surface area contributed by atoms with Gasteiger partial charge in [0.2, 0.25) is 0 Å². The summed E-state index contributed by atoms with van der Waals surface area (Å²) in [5.74, 6) is -0.000746. The summed E-state index contributed by atoms with van der Waals surface area (Å²) < 4.78 is 5.00. The molecule has 108 valence electrons. The Labute approximate surface area is 120 Å². The molecule has 0 aliphatic carbocycles. The lowest BCUT2D eigenvalue weighted by atomic mass is 10.1. The van der Waals surface area contributed by atoms with Crippen LogP contribution in [0.25, 0.3) is 0 Å². The van der Waals surface area contributed by atoms with Crippen LogP contribution in [0.3, 0.4) is 0 Å². The number of ether oxygens (including phenoxy) is 1. The Morgan fingerprint density at radius 2 is 2.00 bits per heavy atom. The van der Waals surface area contributed by atoms with Crippen LogP contribution < -0.4 is 15.8 Å². The number of carbonyl (C=O) groups excluding carboxylic acids is 1. The second-order valence-corrected chi connectivity index (χ2v) is 4.18. The standard InChI is InChI=1S/C14H13N3O4/c1-21-9-6-7-10(11(15)8-9)14(18)16-12-4-2-3-5-13(12)17(19)20/h2-8H,15H2,1H3,(H,16,18). The molecule has 7 nitrogen and oxygen atoms in total. The molecule has 2 aromatic rings. The van der Waals surface area contributed by atoms with Crippen LogP contribution in [0.4, 0.5) is 17.1 Å². The van der Waals surface area contributed by atoms with Crippen molar-refractivity contribution in [2.45, 2.75) is 0 Å². The van der Waals surface area contributed by atoms with E-state index in [1.54, 1.807) is 12.1 Å². The van der Waals surface area contributed by atoms with Crippen LogP contribution in [0.1, 0.15) is 10.4 Å². The number of nitrogens with one attached hydrogen (secondary N) is 1. The van der Waals surface area contributed by atoms with E-state index in [4.69, 9.17) is 10.5 Å². The van der Waals surface area contributed by atoms with Crippen molar-refractivity contribution in [3.8, 4) is 5.75 Å². The van der Waals surface area contributed by atoms with Gasteiger partial charge in [-0.3, -0.25) is 14.9 Å². The van der Waals surface area contributed by atoms with Gasteiger partial charge < -0.3 is 15.8 Å². The Morgan fingerprint density at radius 3 is 2.62 bits per heavy atom. The third-order valence-electron chi connectivity index (χ3n) is 2.85. The number of carbonyl (C=O) groups is 1. The summed E-state index contributed by atoms with van der Waals surface area (Å²) in [5, 5.41) is 13.4. The van der Waals surface area contributed by atoms with Crippen molar-refractivity contribution in [1.29, 1.82) is 0 Å². The molecule has 0 heterocycles. The number of nitrogen functional groups attached to an aromatic ring is 1. The maximum atomic E-state index is 12.2. The molecule has 0 saturated carbocycles. The fourth-order valence-electron chi connectivity index (χ4n) is 1.80. The van der Waals surface area contributed by atoms with E-state index >= 15 is 0 Å². The minimum Gasteiger partial charge on any atom is -0.497 e. The first-order valence-corrected chi connectivity index (χ1v) is 6.01. The zero-order chi connectivity index (χ0) is 15.4. The SMILES string of the molecule is COc1ccc(C(=O)Nc2ccccc2[N+](=O)[O-])c(N)c1. The van der Waals surface area contributed by atoms with Gasteiger partial charge in [0.25, 0.3) is 11.6 Å². The van der Waals surface area contributed by atoms with E-state index in [9.17, 15) is 14.9 Å². The van der Waals surface area contributed by atoms with E-state index in [0.29, 0.717) is 5.75 Å². The zero-order valence-electron chi connectivity index (χ0n) is 11.2. The second kappa shape index (κ2) is 5.91. The van der Waals surface area contributed by atoms with Crippen molar-refractivity contribution in [2.24, 2.45) is 0 Å². The lowest BCUT2D eigenvalue weighted by Crippen LogP contribution is -2.15. The van der Waals surface area contributed by atoms with Crippen molar-refractivity contribution in [1.82, 2.24) is 0 Å². The molecule has 0 atom stereocenters. The topological polar surface area (TPSA) is 107 Å². The minimum absolute atomic E-state index is 0.114. The van der Waals surface area contributed by atoms with E-state index in [1.165, 1.54) is 37.4 Å². The maximum Gasteiger partial charge on any atom is 0.292 e. The molecule has 0 unspecified atom stereocenters. The third kappa shape index (κ3) is 3.08. The van der Waals surface area contributed by atoms with E-state index in [2.05, 4.69) is 5.32 Å². The van der Waals surface area contributed by atoms with Gasteiger partial charge >= 0.3 is 0 Å². The fourth-order valence-corrected chi connectivity index (χ4v) is 1.80. The minimum atomic E-state index is -0.563. The first-order valence-electron chi connectivity index (χ1n) is 6.01. The normalized spacial score (nSPS) is 9.95. The molecule has 0 saturated heterocycles. The van der Waals surface area contributed by atoms with Gasteiger partial charge in [0.05, 0.1) is 17.6 Å². The predicted molar refractivity (Wildman–Crippen MR) is 78.5 cm³/mol. The highest BCUT2D eigenvalue weighted by molar-refractivity contribution is 6.08. The second-order valence-electron chi connectivity index (χ2n) is 4.18. The number of nitrogens with two attached hydrogens (primary N) is 1. The molecule has 7 heteroatoms. The van der Waals surface area contributed by atoms with Crippen molar-refractivity contribution in [3.05, 3.63) is 58.1 Å². The summed E-state index contributed by atoms with van der Waals surface area (Å²) in [5.41, 5.74) is 6.15. The number of rotatable bonds is 4. The highest BCUT2D eigenvalue weighted by Crippen LogP contribution is 2.25. The summed E-state index contributed by atoms with van der Waals surface area (Å²) in [6.45, 7) is 0. The molecule has 0 fully saturated rings. The number of nitrogens with zero attached hydrogens (tertiary/aromatic N) is 1. The van der Waals surface area contributed by atoms with E-state index in [1.807, 2.05) is 0 Å². The van der Waals surface area contributed by atoms with E-state index in [-0.39, 0.29) is 22.6 Å². The average molecular weight is 287 g/mol. The smallest absolute Gasteiger partial charge is 0.292 e. The number of nitro groups is 1. The van der Waals surface area contributed by atoms with Gasteiger partial charge in [0, 0.05) is 17.8 Å². The lowest BCUT2D eigenvalue weighted by molar-refractivity contribution is -0.383. The van der Waals surface area contributed by atoms with Crippen molar-refractivity contribution in [3.63, 3.8) is 0 Å². The number of amides is 1. The highest BCUT2D eigenvalue weighted by Gasteiger charge is 2.17. The lowest BCUT2D eigenvalue weighted by Gasteiger charge is -2.09. The van der Waals surface area contributed by atoms with Crippen LogP contribution >= 0.6 is 0 Å². The number of hydrogen-bond acceptors (Lipinski definition) is 5. The van der Waals surface area contributed by atoms with Crippen LogP contribution in [0.15, 0.2) is 42.5 Å². The van der Waals surface area contributed by atoms with Crippen LogP contribution in [0.5, 0.6) is 5.75 Å². The first kappa shape index (κ1) is 14.3. The molecule has 0 radical (unpaired) electrons. The van der Waals surface area contributed by atoms with E-state index in [0.717, 1.165) is 0 Å². The quantitative estimate of drug-likeness (QED) is 0.510. The zero-order valence-corrected chi connectivity index (χ0v) is 11.2. The van der Waals surface area contributed by atoms with Gasteiger partial charge in [-0.05, 0) is 18.2 Å². The molecule has 0 aromatic heterocycles. The molecule has 2 rings (SSSR count). The first-order chi connectivity index (χ1) is 10.0. The third-order valence-corrected chi connectivity index (χ3v) is 2.85. The van der Waals surface area contributed by atoms with Crippen molar-refractivity contribution in [2.75, 3.05) is 18.2 Å². The monoisotopic (exact) mass is 287 g/mol. The molecule has 0 bridgehead atoms. The number of anilines is 2.